The molecule has 0 bridgehead atoms. The van der Waals surface area contributed by atoms with E-state index in [1.54, 1.807) is 7.11 Å². The fraction of sp³-hybridized carbons (Fsp3) is 1.00. The molecule has 84 valence electrons. The molecule has 0 aromatic carbocycles. The second-order valence-electron chi connectivity index (χ2n) is 4.74. The molecule has 3 heteroatoms. The van der Waals surface area contributed by atoms with Gasteiger partial charge in [0.2, 0.25) is 0 Å². The van der Waals surface area contributed by atoms with Crippen LogP contribution in [-0.2, 0) is 4.74 Å². The van der Waals surface area contributed by atoms with Crippen molar-refractivity contribution in [3.8, 4) is 0 Å². The number of rotatable bonds is 4. The van der Waals surface area contributed by atoms with Gasteiger partial charge < -0.3 is 10.5 Å². The summed E-state index contributed by atoms with van der Waals surface area (Å²) >= 11 is 0. The number of piperidine rings is 1. The van der Waals surface area contributed by atoms with Crippen LogP contribution in [0.25, 0.3) is 0 Å². The number of ether oxygens (including phenoxy) is 1. The van der Waals surface area contributed by atoms with Crippen LogP contribution >= 0.6 is 0 Å². The van der Waals surface area contributed by atoms with E-state index in [9.17, 15) is 0 Å². The quantitative estimate of drug-likeness (QED) is 0.734. The highest BCUT2D eigenvalue weighted by atomic mass is 16.5. The molecule has 3 nitrogen and oxygen atoms in total. The first-order chi connectivity index (χ1) is 6.67. The highest BCUT2D eigenvalue weighted by molar-refractivity contribution is 4.80. The molecule has 1 heterocycles. The van der Waals surface area contributed by atoms with Crippen LogP contribution in [0.4, 0.5) is 0 Å². The lowest BCUT2D eigenvalue weighted by molar-refractivity contribution is 0.0487. The summed E-state index contributed by atoms with van der Waals surface area (Å²) in [7, 11) is 1.75. The van der Waals surface area contributed by atoms with Gasteiger partial charge in [-0.25, -0.2) is 0 Å². The van der Waals surface area contributed by atoms with Crippen molar-refractivity contribution in [2.45, 2.75) is 26.3 Å². The highest BCUT2D eigenvalue weighted by Crippen LogP contribution is 2.22. The maximum atomic E-state index is 5.76. The van der Waals surface area contributed by atoms with Gasteiger partial charge in [-0.3, -0.25) is 4.90 Å². The van der Waals surface area contributed by atoms with Crippen LogP contribution in [0.3, 0.4) is 0 Å². The Hall–Kier alpha value is -0.120. The molecule has 1 aliphatic rings. The van der Waals surface area contributed by atoms with Gasteiger partial charge in [0.15, 0.2) is 0 Å². The number of nitrogens with zero attached hydrogens (tertiary/aromatic N) is 1. The van der Waals surface area contributed by atoms with E-state index < -0.39 is 0 Å². The first-order valence-electron chi connectivity index (χ1n) is 5.60. The second kappa shape index (κ2) is 5.69. The Morgan fingerprint density at radius 3 is 2.36 bits per heavy atom. The van der Waals surface area contributed by atoms with Gasteiger partial charge in [0, 0.05) is 32.8 Å². The number of methoxy groups -OCH3 is 1. The smallest absolute Gasteiger partial charge is 0.0630 e. The molecule has 0 amide bonds. The van der Waals surface area contributed by atoms with Gasteiger partial charge in [-0.15, -0.1) is 0 Å². The third kappa shape index (κ3) is 3.23. The molecule has 2 N–H and O–H groups in total. The minimum atomic E-state index is 0.408. The van der Waals surface area contributed by atoms with Crippen molar-refractivity contribution in [1.29, 1.82) is 0 Å². The summed E-state index contributed by atoms with van der Waals surface area (Å²) < 4.78 is 5.20. The molecule has 0 aromatic heterocycles. The molecule has 0 saturated carbocycles. The minimum absolute atomic E-state index is 0.408. The first kappa shape index (κ1) is 12.0. The lowest BCUT2D eigenvalue weighted by Gasteiger charge is -2.39. The predicted molar refractivity (Wildman–Crippen MR) is 59.2 cm³/mol. The summed E-state index contributed by atoms with van der Waals surface area (Å²) in [6.07, 6.45) is 1.35. The van der Waals surface area contributed by atoms with Crippen LogP contribution in [-0.4, -0.2) is 44.3 Å². The fourth-order valence-corrected chi connectivity index (χ4v) is 2.52. The molecule has 0 aliphatic carbocycles. The van der Waals surface area contributed by atoms with E-state index in [1.165, 1.54) is 19.5 Å². The molecule has 1 aliphatic heterocycles. The zero-order valence-corrected chi connectivity index (χ0v) is 9.70. The third-order valence-corrected chi connectivity index (χ3v) is 3.04. The zero-order valence-electron chi connectivity index (χ0n) is 9.70. The van der Waals surface area contributed by atoms with E-state index in [0.29, 0.717) is 12.6 Å². The zero-order chi connectivity index (χ0) is 10.6. The van der Waals surface area contributed by atoms with Crippen LogP contribution in [0.2, 0.25) is 0 Å². The normalized spacial score (nSPS) is 31.7. The van der Waals surface area contributed by atoms with Crippen LogP contribution in [0.5, 0.6) is 0 Å². The summed E-state index contributed by atoms with van der Waals surface area (Å²) in [6.45, 7) is 8.46. The summed E-state index contributed by atoms with van der Waals surface area (Å²) in [5, 5.41) is 0. The molecule has 3 atom stereocenters. The lowest BCUT2D eigenvalue weighted by atomic mass is 9.91. The van der Waals surface area contributed by atoms with Gasteiger partial charge in [-0.1, -0.05) is 13.8 Å². The van der Waals surface area contributed by atoms with E-state index in [1.807, 2.05) is 0 Å². The van der Waals surface area contributed by atoms with E-state index in [2.05, 4.69) is 18.7 Å². The monoisotopic (exact) mass is 200 g/mol. The summed E-state index contributed by atoms with van der Waals surface area (Å²) in [4.78, 5) is 2.49. The van der Waals surface area contributed by atoms with Crippen molar-refractivity contribution in [3.63, 3.8) is 0 Å². The van der Waals surface area contributed by atoms with Gasteiger partial charge in [0.1, 0.15) is 0 Å². The van der Waals surface area contributed by atoms with Gasteiger partial charge in [-0.2, -0.15) is 0 Å². The second-order valence-corrected chi connectivity index (χ2v) is 4.74. The molecule has 0 spiro atoms. The Bertz CT molecular complexity index is 153. The molecule has 0 aromatic rings. The van der Waals surface area contributed by atoms with Crippen molar-refractivity contribution in [2.75, 3.05) is 33.4 Å². The molecular formula is C11H24N2O. The van der Waals surface area contributed by atoms with Crippen molar-refractivity contribution in [1.82, 2.24) is 4.90 Å². The predicted octanol–water partition coefficient (Wildman–Crippen LogP) is 0.938. The van der Waals surface area contributed by atoms with Crippen LogP contribution in [0, 0.1) is 11.8 Å². The number of hydrogen-bond acceptors (Lipinski definition) is 3. The molecule has 14 heavy (non-hydrogen) atoms. The summed E-state index contributed by atoms with van der Waals surface area (Å²) in [6, 6.07) is 0.408. The Morgan fingerprint density at radius 1 is 1.36 bits per heavy atom. The molecule has 3 unspecified atom stereocenters. The van der Waals surface area contributed by atoms with Crippen LogP contribution in [0.1, 0.15) is 20.3 Å². The SMILES string of the molecule is COCC(CN)N1CC(C)CC(C)C1. The fourth-order valence-electron chi connectivity index (χ4n) is 2.52. The van der Waals surface area contributed by atoms with Crippen molar-refractivity contribution in [3.05, 3.63) is 0 Å². The van der Waals surface area contributed by atoms with Crippen molar-refractivity contribution >= 4 is 0 Å². The van der Waals surface area contributed by atoms with E-state index in [0.717, 1.165) is 18.4 Å². The summed E-state index contributed by atoms with van der Waals surface area (Å²) in [5.41, 5.74) is 5.76. The average molecular weight is 200 g/mol. The minimum Gasteiger partial charge on any atom is -0.383 e. The molecular weight excluding hydrogens is 176 g/mol. The average Bonchev–Trinajstić information content (AvgIpc) is 2.12. The van der Waals surface area contributed by atoms with E-state index in [4.69, 9.17) is 10.5 Å². The Kier molecular flexibility index (Phi) is 4.85. The lowest BCUT2D eigenvalue weighted by Crippen LogP contribution is -2.50. The highest BCUT2D eigenvalue weighted by Gasteiger charge is 2.26. The Morgan fingerprint density at radius 2 is 1.93 bits per heavy atom. The molecule has 0 radical (unpaired) electrons. The van der Waals surface area contributed by atoms with E-state index >= 15 is 0 Å². The maximum Gasteiger partial charge on any atom is 0.0630 e. The maximum absolute atomic E-state index is 5.76. The van der Waals surface area contributed by atoms with Crippen molar-refractivity contribution in [2.24, 2.45) is 17.6 Å². The molecule has 1 rings (SSSR count). The first-order valence-corrected chi connectivity index (χ1v) is 5.60. The van der Waals surface area contributed by atoms with Gasteiger partial charge in [0.05, 0.1) is 6.61 Å². The van der Waals surface area contributed by atoms with Crippen molar-refractivity contribution < 1.29 is 4.74 Å². The standard InChI is InChI=1S/C11H24N2O/c1-9-4-10(2)7-13(6-9)11(5-12)8-14-3/h9-11H,4-8,12H2,1-3H3. The van der Waals surface area contributed by atoms with Gasteiger partial charge >= 0.3 is 0 Å². The topological polar surface area (TPSA) is 38.5 Å². The number of nitrogens with two attached hydrogens (primary N) is 1. The van der Waals surface area contributed by atoms with Gasteiger partial charge in [0.25, 0.3) is 0 Å². The largest absolute Gasteiger partial charge is 0.383 e. The Balaban J connectivity index is 2.47. The summed E-state index contributed by atoms with van der Waals surface area (Å²) in [5.74, 6) is 1.59. The Labute approximate surface area is 87.6 Å². The third-order valence-electron chi connectivity index (χ3n) is 3.04. The van der Waals surface area contributed by atoms with Gasteiger partial charge in [-0.05, 0) is 18.3 Å². The molecule has 1 saturated heterocycles. The number of hydrogen-bond donors (Lipinski definition) is 1. The molecule has 1 fully saturated rings. The number of likely N-dealkylation sites (tertiary alicyclic amines) is 1. The van der Waals surface area contributed by atoms with Crippen LogP contribution in [0.15, 0.2) is 0 Å². The van der Waals surface area contributed by atoms with E-state index in [-0.39, 0.29) is 0 Å². The van der Waals surface area contributed by atoms with Crippen LogP contribution < -0.4 is 5.73 Å².